The highest BCUT2D eigenvalue weighted by molar-refractivity contribution is 6.30. The highest BCUT2D eigenvalue weighted by Crippen LogP contribution is 2.36. The first-order valence-corrected chi connectivity index (χ1v) is 5.86. The maximum Gasteiger partial charge on any atom is 0.142 e. The Morgan fingerprint density at radius 1 is 1.56 bits per heavy atom. The number of nitrogens with two attached hydrogens (primary N) is 1. The van der Waals surface area contributed by atoms with Gasteiger partial charge in [0.05, 0.1) is 5.02 Å². The standard InChI is InChI=1S/C12H16ClFN2/c1-16-5-4-9(7-15)12(16)8-2-3-10(13)11(14)6-8/h2-3,6,9,12H,4-5,7,15H2,1H3/t9-,12-/m0/s1. The van der Waals surface area contributed by atoms with Gasteiger partial charge in [0.25, 0.3) is 0 Å². The van der Waals surface area contributed by atoms with Crippen LogP contribution in [-0.2, 0) is 0 Å². The molecule has 1 aliphatic rings. The monoisotopic (exact) mass is 242 g/mol. The number of hydrogen-bond donors (Lipinski definition) is 1. The maximum atomic E-state index is 13.4. The molecule has 0 radical (unpaired) electrons. The van der Waals surface area contributed by atoms with Crippen LogP contribution in [0.25, 0.3) is 0 Å². The molecule has 1 aromatic carbocycles. The van der Waals surface area contributed by atoms with E-state index in [1.54, 1.807) is 6.07 Å². The molecule has 0 amide bonds. The summed E-state index contributed by atoms with van der Waals surface area (Å²) in [5.41, 5.74) is 6.72. The topological polar surface area (TPSA) is 29.3 Å². The molecule has 0 aliphatic carbocycles. The Kier molecular flexibility index (Phi) is 3.47. The first-order valence-electron chi connectivity index (χ1n) is 5.48. The predicted molar refractivity (Wildman–Crippen MR) is 63.9 cm³/mol. The van der Waals surface area contributed by atoms with E-state index < -0.39 is 0 Å². The van der Waals surface area contributed by atoms with Crippen molar-refractivity contribution in [2.45, 2.75) is 12.5 Å². The highest BCUT2D eigenvalue weighted by Gasteiger charge is 2.32. The van der Waals surface area contributed by atoms with Crippen LogP contribution in [0.4, 0.5) is 4.39 Å². The Balaban J connectivity index is 2.31. The van der Waals surface area contributed by atoms with Crippen molar-refractivity contribution in [3.8, 4) is 0 Å². The molecule has 0 aromatic heterocycles. The summed E-state index contributed by atoms with van der Waals surface area (Å²) in [4.78, 5) is 2.22. The zero-order valence-corrected chi connectivity index (χ0v) is 10.0. The molecule has 0 saturated carbocycles. The molecule has 88 valence electrons. The van der Waals surface area contributed by atoms with Crippen molar-refractivity contribution in [3.63, 3.8) is 0 Å². The molecule has 16 heavy (non-hydrogen) atoms. The highest BCUT2D eigenvalue weighted by atomic mass is 35.5. The van der Waals surface area contributed by atoms with Crippen LogP contribution in [0.5, 0.6) is 0 Å². The molecule has 1 aromatic rings. The van der Waals surface area contributed by atoms with Gasteiger partial charge in [-0.25, -0.2) is 4.39 Å². The van der Waals surface area contributed by atoms with Crippen LogP contribution in [0.15, 0.2) is 18.2 Å². The second-order valence-electron chi connectivity index (χ2n) is 4.38. The lowest BCUT2D eigenvalue weighted by Crippen LogP contribution is -2.25. The predicted octanol–water partition coefficient (Wildman–Crippen LogP) is 2.43. The molecule has 0 unspecified atom stereocenters. The number of nitrogens with zero attached hydrogens (tertiary/aromatic N) is 1. The van der Waals surface area contributed by atoms with Crippen LogP contribution < -0.4 is 5.73 Å². The lowest BCUT2D eigenvalue weighted by atomic mass is 9.94. The summed E-state index contributed by atoms with van der Waals surface area (Å²) in [6, 6.07) is 5.25. The zero-order valence-electron chi connectivity index (χ0n) is 9.29. The fourth-order valence-electron chi connectivity index (χ4n) is 2.50. The second-order valence-corrected chi connectivity index (χ2v) is 4.79. The maximum absolute atomic E-state index is 13.4. The van der Waals surface area contributed by atoms with Crippen molar-refractivity contribution in [1.82, 2.24) is 4.90 Å². The van der Waals surface area contributed by atoms with Gasteiger partial charge in [-0.05, 0) is 50.2 Å². The van der Waals surface area contributed by atoms with E-state index in [0.29, 0.717) is 12.5 Å². The number of halogens is 2. The third-order valence-corrected chi connectivity index (χ3v) is 3.67. The quantitative estimate of drug-likeness (QED) is 0.863. The minimum atomic E-state index is -0.352. The summed E-state index contributed by atoms with van der Waals surface area (Å²) in [6.45, 7) is 1.65. The van der Waals surface area contributed by atoms with Crippen molar-refractivity contribution in [1.29, 1.82) is 0 Å². The lowest BCUT2D eigenvalue weighted by molar-refractivity contribution is 0.279. The Morgan fingerprint density at radius 3 is 2.94 bits per heavy atom. The minimum absolute atomic E-state index is 0.175. The fourth-order valence-corrected chi connectivity index (χ4v) is 2.61. The summed E-state index contributed by atoms with van der Waals surface area (Å²) < 4.78 is 13.4. The molecule has 0 bridgehead atoms. The smallest absolute Gasteiger partial charge is 0.142 e. The Morgan fingerprint density at radius 2 is 2.31 bits per heavy atom. The normalized spacial score (nSPS) is 26.2. The van der Waals surface area contributed by atoms with Gasteiger partial charge in [-0.2, -0.15) is 0 Å². The minimum Gasteiger partial charge on any atom is -0.330 e. The van der Waals surface area contributed by atoms with Crippen LogP contribution in [0, 0.1) is 11.7 Å². The van der Waals surface area contributed by atoms with Gasteiger partial charge in [-0.1, -0.05) is 17.7 Å². The Hall–Kier alpha value is -0.640. The van der Waals surface area contributed by atoms with Crippen LogP contribution in [0.2, 0.25) is 5.02 Å². The number of benzene rings is 1. The zero-order chi connectivity index (χ0) is 11.7. The molecular formula is C12H16ClFN2. The van der Waals surface area contributed by atoms with E-state index in [9.17, 15) is 4.39 Å². The molecular weight excluding hydrogens is 227 g/mol. The molecule has 1 saturated heterocycles. The Labute approximate surface area is 100 Å². The van der Waals surface area contributed by atoms with Crippen LogP contribution >= 0.6 is 11.6 Å². The van der Waals surface area contributed by atoms with Crippen LogP contribution in [-0.4, -0.2) is 25.0 Å². The Bertz CT molecular complexity index is 383. The van der Waals surface area contributed by atoms with Crippen molar-refractivity contribution in [2.24, 2.45) is 11.7 Å². The van der Waals surface area contributed by atoms with Gasteiger partial charge in [-0.15, -0.1) is 0 Å². The average molecular weight is 243 g/mol. The SMILES string of the molecule is CN1CC[C@@H](CN)[C@@H]1c1ccc(Cl)c(F)c1. The molecule has 1 heterocycles. The fraction of sp³-hybridized carbons (Fsp3) is 0.500. The van der Waals surface area contributed by atoms with E-state index in [1.807, 2.05) is 13.1 Å². The van der Waals surface area contributed by atoms with Gasteiger partial charge >= 0.3 is 0 Å². The van der Waals surface area contributed by atoms with Crippen molar-refractivity contribution >= 4 is 11.6 Å². The molecule has 2 atom stereocenters. The number of hydrogen-bond acceptors (Lipinski definition) is 2. The molecule has 1 aliphatic heterocycles. The average Bonchev–Trinajstić information content (AvgIpc) is 2.64. The van der Waals surface area contributed by atoms with E-state index in [-0.39, 0.29) is 16.9 Å². The van der Waals surface area contributed by atoms with Crippen molar-refractivity contribution in [2.75, 3.05) is 20.1 Å². The third-order valence-electron chi connectivity index (χ3n) is 3.36. The van der Waals surface area contributed by atoms with Crippen molar-refractivity contribution < 1.29 is 4.39 Å². The number of likely N-dealkylation sites (tertiary alicyclic amines) is 1. The summed E-state index contributed by atoms with van der Waals surface area (Å²) in [7, 11) is 2.05. The molecule has 2 N–H and O–H groups in total. The lowest BCUT2D eigenvalue weighted by Gasteiger charge is -2.24. The van der Waals surface area contributed by atoms with Crippen molar-refractivity contribution in [3.05, 3.63) is 34.6 Å². The van der Waals surface area contributed by atoms with E-state index in [1.165, 1.54) is 6.07 Å². The summed E-state index contributed by atoms with van der Waals surface area (Å²) in [6.07, 6.45) is 1.07. The van der Waals surface area contributed by atoms with Gasteiger partial charge < -0.3 is 5.73 Å². The van der Waals surface area contributed by atoms with E-state index in [2.05, 4.69) is 4.90 Å². The van der Waals surface area contributed by atoms with Gasteiger partial charge in [0, 0.05) is 6.04 Å². The summed E-state index contributed by atoms with van der Waals surface area (Å²) in [5, 5.41) is 0.175. The van der Waals surface area contributed by atoms with Crippen LogP contribution in [0.3, 0.4) is 0 Å². The number of rotatable bonds is 2. The second kappa shape index (κ2) is 4.70. The molecule has 2 rings (SSSR count). The van der Waals surface area contributed by atoms with Gasteiger partial charge in [-0.3, -0.25) is 4.90 Å². The van der Waals surface area contributed by atoms with Crippen LogP contribution in [0.1, 0.15) is 18.0 Å². The van der Waals surface area contributed by atoms with E-state index in [4.69, 9.17) is 17.3 Å². The summed E-state index contributed by atoms with van der Waals surface area (Å²) >= 11 is 5.68. The van der Waals surface area contributed by atoms with E-state index >= 15 is 0 Å². The molecule has 0 spiro atoms. The largest absolute Gasteiger partial charge is 0.330 e. The van der Waals surface area contributed by atoms with Gasteiger partial charge in [0.1, 0.15) is 5.82 Å². The van der Waals surface area contributed by atoms with Gasteiger partial charge in [0.2, 0.25) is 0 Å². The molecule has 4 heteroatoms. The van der Waals surface area contributed by atoms with E-state index in [0.717, 1.165) is 18.5 Å². The molecule has 2 nitrogen and oxygen atoms in total. The summed E-state index contributed by atoms with van der Waals surface area (Å²) in [5.74, 6) is 0.0563. The third kappa shape index (κ3) is 2.08. The van der Waals surface area contributed by atoms with Gasteiger partial charge in [0.15, 0.2) is 0 Å². The molecule has 1 fully saturated rings. The first kappa shape index (κ1) is 11.8. The first-order chi connectivity index (χ1) is 7.63.